The van der Waals surface area contributed by atoms with E-state index in [2.05, 4.69) is 92.9 Å². The van der Waals surface area contributed by atoms with Gasteiger partial charge in [-0.3, -0.25) is 0 Å². The van der Waals surface area contributed by atoms with Crippen molar-refractivity contribution in [3.8, 4) is 11.3 Å². The Morgan fingerprint density at radius 1 is 0.778 bits per heavy atom. The summed E-state index contributed by atoms with van der Waals surface area (Å²) in [5.74, 6) is 0. The lowest BCUT2D eigenvalue weighted by Gasteiger charge is -2.23. The first-order valence-electron chi connectivity index (χ1n) is 9.32. The Balaban J connectivity index is 1.89. The molecule has 5 aromatic rings. The van der Waals surface area contributed by atoms with Crippen LogP contribution in [0.2, 0.25) is 0 Å². The van der Waals surface area contributed by atoms with Gasteiger partial charge in [-0.05, 0) is 51.4 Å². The Bertz CT molecular complexity index is 1300. The van der Waals surface area contributed by atoms with Crippen LogP contribution in [-0.2, 0) is 5.41 Å². The first kappa shape index (κ1) is 16.5. The lowest BCUT2D eigenvalue weighted by atomic mass is 9.82. The Labute approximate surface area is 163 Å². The summed E-state index contributed by atoms with van der Waals surface area (Å²) in [7, 11) is 0. The standard InChI is InChI=1S/C25H21NS/c1-25(2,3)21-15-17(14-16-8-4-5-9-18(16)21)23-24-20(12-13-27-24)19-10-6-7-11-22(19)26-23/h4-15H,1-3H3. The molecule has 0 radical (unpaired) electrons. The molecule has 0 fully saturated rings. The molecule has 2 heterocycles. The van der Waals surface area contributed by atoms with Gasteiger partial charge >= 0.3 is 0 Å². The van der Waals surface area contributed by atoms with Crippen molar-refractivity contribution in [2.75, 3.05) is 0 Å². The second-order valence-electron chi connectivity index (χ2n) is 8.14. The van der Waals surface area contributed by atoms with E-state index in [9.17, 15) is 0 Å². The second kappa shape index (κ2) is 5.90. The molecule has 1 nitrogen and oxygen atoms in total. The molecule has 0 spiro atoms. The highest BCUT2D eigenvalue weighted by molar-refractivity contribution is 7.17. The predicted molar refractivity (Wildman–Crippen MR) is 119 cm³/mol. The molecule has 27 heavy (non-hydrogen) atoms. The maximum Gasteiger partial charge on any atom is 0.0888 e. The van der Waals surface area contributed by atoms with E-state index < -0.39 is 0 Å². The summed E-state index contributed by atoms with van der Waals surface area (Å²) in [5.41, 5.74) is 4.80. The van der Waals surface area contributed by atoms with Gasteiger partial charge in [0, 0.05) is 16.3 Å². The fourth-order valence-corrected chi connectivity index (χ4v) is 4.86. The quantitative estimate of drug-likeness (QED) is 0.298. The zero-order valence-electron chi connectivity index (χ0n) is 15.8. The Hall–Kier alpha value is -2.71. The third-order valence-corrected chi connectivity index (χ3v) is 6.17. The van der Waals surface area contributed by atoms with Crippen molar-refractivity contribution in [2.45, 2.75) is 26.2 Å². The van der Waals surface area contributed by atoms with Gasteiger partial charge in [-0.2, -0.15) is 0 Å². The Kier molecular flexibility index (Phi) is 3.60. The van der Waals surface area contributed by atoms with Gasteiger partial charge in [0.25, 0.3) is 0 Å². The first-order valence-corrected chi connectivity index (χ1v) is 10.2. The fourth-order valence-electron chi connectivity index (χ4n) is 3.94. The molecule has 2 heteroatoms. The number of rotatable bonds is 1. The highest BCUT2D eigenvalue weighted by Gasteiger charge is 2.20. The highest BCUT2D eigenvalue weighted by atomic mass is 32.1. The molecule has 0 aliphatic rings. The number of nitrogens with zero attached hydrogens (tertiary/aromatic N) is 1. The van der Waals surface area contributed by atoms with Crippen molar-refractivity contribution < 1.29 is 0 Å². The molecule has 0 saturated carbocycles. The van der Waals surface area contributed by atoms with Crippen molar-refractivity contribution >= 4 is 43.1 Å². The van der Waals surface area contributed by atoms with E-state index in [1.54, 1.807) is 11.3 Å². The van der Waals surface area contributed by atoms with Crippen LogP contribution in [0.25, 0.3) is 43.0 Å². The minimum absolute atomic E-state index is 0.0705. The summed E-state index contributed by atoms with van der Waals surface area (Å²) >= 11 is 1.78. The minimum atomic E-state index is 0.0705. The molecule has 2 aromatic heterocycles. The van der Waals surface area contributed by atoms with E-state index in [4.69, 9.17) is 4.98 Å². The number of thiophene rings is 1. The van der Waals surface area contributed by atoms with Crippen LogP contribution in [0.3, 0.4) is 0 Å². The van der Waals surface area contributed by atoms with Gasteiger partial charge < -0.3 is 0 Å². The average Bonchev–Trinajstić information content (AvgIpc) is 3.16. The van der Waals surface area contributed by atoms with Crippen molar-refractivity contribution in [1.82, 2.24) is 4.98 Å². The molecule has 3 aromatic carbocycles. The average molecular weight is 368 g/mol. The van der Waals surface area contributed by atoms with Crippen molar-refractivity contribution in [3.05, 3.63) is 77.7 Å². The number of hydrogen-bond donors (Lipinski definition) is 0. The van der Waals surface area contributed by atoms with Crippen LogP contribution >= 0.6 is 11.3 Å². The Morgan fingerprint density at radius 2 is 1.52 bits per heavy atom. The summed E-state index contributed by atoms with van der Waals surface area (Å²) < 4.78 is 1.27. The summed E-state index contributed by atoms with van der Waals surface area (Å²) in [5, 5.41) is 7.31. The molecule has 132 valence electrons. The SMILES string of the molecule is CC(C)(C)c1cc(-c2nc3ccccc3c3ccsc23)cc2ccccc12. The van der Waals surface area contributed by atoms with Gasteiger partial charge in [-0.15, -0.1) is 11.3 Å². The lowest BCUT2D eigenvalue weighted by molar-refractivity contribution is 0.596. The fraction of sp³-hybridized carbons (Fsp3) is 0.160. The van der Waals surface area contributed by atoms with Gasteiger partial charge in [-0.1, -0.05) is 63.2 Å². The molecule has 0 aliphatic heterocycles. The van der Waals surface area contributed by atoms with Crippen LogP contribution in [0.15, 0.2) is 72.1 Å². The van der Waals surface area contributed by atoms with Crippen LogP contribution in [0.5, 0.6) is 0 Å². The van der Waals surface area contributed by atoms with Gasteiger partial charge in [0.1, 0.15) is 0 Å². The van der Waals surface area contributed by atoms with Gasteiger partial charge in [-0.25, -0.2) is 4.98 Å². The maximum absolute atomic E-state index is 5.09. The zero-order valence-corrected chi connectivity index (χ0v) is 16.6. The van der Waals surface area contributed by atoms with Crippen LogP contribution < -0.4 is 0 Å². The highest BCUT2D eigenvalue weighted by Crippen LogP contribution is 2.39. The molecule has 0 N–H and O–H groups in total. The summed E-state index contributed by atoms with van der Waals surface area (Å²) in [4.78, 5) is 5.09. The van der Waals surface area contributed by atoms with Crippen molar-refractivity contribution in [2.24, 2.45) is 0 Å². The van der Waals surface area contributed by atoms with Crippen LogP contribution in [0.1, 0.15) is 26.3 Å². The van der Waals surface area contributed by atoms with E-state index in [0.717, 1.165) is 11.2 Å². The maximum atomic E-state index is 5.09. The molecular formula is C25H21NS. The molecule has 0 atom stereocenters. The summed E-state index contributed by atoms with van der Waals surface area (Å²) in [6, 6.07) is 24.0. The van der Waals surface area contributed by atoms with E-state index in [0.29, 0.717) is 0 Å². The van der Waals surface area contributed by atoms with E-state index in [1.165, 1.54) is 37.4 Å². The number of hydrogen-bond acceptors (Lipinski definition) is 2. The molecule has 0 aliphatic carbocycles. The molecule has 0 bridgehead atoms. The third kappa shape index (κ3) is 2.64. The molecule has 5 rings (SSSR count). The smallest absolute Gasteiger partial charge is 0.0888 e. The number of fused-ring (bicyclic) bond motifs is 4. The van der Waals surface area contributed by atoms with Crippen molar-refractivity contribution in [1.29, 1.82) is 0 Å². The third-order valence-electron chi connectivity index (χ3n) is 5.25. The van der Waals surface area contributed by atoms with E-state index >= 15 is 0 Å². The normalized spacial score (nSPS) is 12.3. The Morgan fingerprint density at radius 3 is 2.33 bits per heavy atom. The van der Waals surface area contributed by atoms with Gasteiger partial charge in [0.15, 0.2) is 0 Å². The number of benzene rings is 3. The first-order chi connectivity index (χ1) is 13.0. The zero-order chi connectivity index (χ0) is 18.6. The largest absolute Gasteiger partial charge is 0.246 e. The lowest BCUT2D eigenvalue weighted by Crippen LogP contribution is -2.12. The monoisotopic (exact) mass is 367 g/mol. The van der Waals surface area contributed by atoms with Crippen molar-refractivity contribution in [3.63, 3.8) is 0 Å². The molecule has 0 amide bonds. The van der Waals surface area contributed by atoms with E-state index in [-0.39, 0.29) is 5.41 Å². The number of pyridine rings is 1. The predicted octanol–water partition coefficient (Wildman–Crippen LogP) is 7.57. The second-order valence-corrected chi connectivity index (χ2v) is 9.05. The van der Waals surface area contributed by atoms with Crippen LogP contribution in [0.4, 0.5) is 0 Å². The summed E-state index contributed by atoms with van der Waals surface area (Å²) in [6.45, 7) is 6.85. The molecule has 0 unspecified atom stereocenters. The topological polar surface area (TPSA) is 12.9 Å². The van der Waals surface area contributed by atoms with Crippen LogP contribution in [0, 0.1) is 0 Å². The molecular weight excluding hydrogens is 346 g/mol. The molecule has 0 saturated heterocycles. The minimum Gasteiger partial charge on any atom is -0.246 e. The van der Waals surface area contributed by atoms with Crippen LogP contribution in [-0.4, -0.2) is 4.98 Å². The van der Waals surface area contributed by atoms with Gasteiger partial charge in [0.2, 0.25) is 0 Å². The number of aromatic nitrogens is 1. The summed E-state index contributed by atoms with van der Waals surface area (Å²) in [6.07, 6.45) is 0. The number of para-hydroxylation sites is 1. The van der Waals surface area contributed by atoms with E-state index in [1.807, 2.05) is 0 Å². The van der Waals surface area contributed by atoms with Gasteiger partial charge in [0.05, 0.1) is 15.9 Å².